The van der Waals surface area contributed by atoms with Crippen LogP contribution in [0.2, 0.25) is 5.02 Å². The Morgan fingerprint density at radius 3 is 3.25 bits per heavy atom. The molecule has 0 aliphatic carbocycles. The van der Waals surface area contributed by atoms with Crippen LogP contribution in [-0.2, 0) is 9.53 Å². The van der Waals surface area contributed by atoms with E-state index in [9.17, 15) is 4.79 Å². The highest BCUT2D eigenvalue weighted by Gasteiger charge is 2.28. The summed E-state index contributed by atoms with van der Waals surface area (Å²) in [5, 5.41) is 3.57. The Bertz CT molecular complexity index is 408. The molecule has 1 aromatic rings. The molecule has 4 nitrogen and oxygen atoms in total. The smallest absolute Gasteiger partial charge is 0.349 e. The lowest BCUT2D eigenvalue weighted by molar-refractivity contribution is -0.150. The summed E-state index contributed by atoms with van der Waals surface area (Å²) in [6.45, 7) is 2.50. The maximum Gasteiger partial charge on any atom is 0.349 e. The first-order valence-corrected chi connectivity index (χ1v) is 5.46. The molecule has 1 atom stereocenters. The number of anilines is 1. The summed E-state index contributed by atoms with van der Waals surface area (Å²) in [6.07, 6.45) is -0.632. The topological polar surface area (TPSA) is 47.6 Å². The van der Waals surface area contributed by atoms with Crippen LogP contribution < -0.4 is 10.1 Å². The molecule has 1 unspecified atom stereocenters. The van der Waals surface area contributed by atoms with E-state index in [2.05, 4.69) is 5.32 Å². The Labute approximate surface area is 98.5 Å². The number of benzene rings is 1. The minimum atomic E-state index is -0.632. The van der Waals surface area contributed by atoms with Gasteiger partial charge in [-0.2, -0.15) is 0 Å². The van der Waals surface area contributed by atoms with E-state index in [1.54, 1.807) is 13.0 Å². The van der Waals surface area contributed by atoms with Crippen molar-refractivity contribution >= 4 is 23.3 Å². The molecule has 1 N–H and O–H groups in total. The Balaban J connectivity index is 2.17. The fraction of sp³-hybridized carbons (Fsp3) is 0.364. The van der Waals surface area contributed by atoms with Gasteiger partial charge >= 0.3 is 5.97 Å². The quantitative estimate of drug-likeness (QED) is 0.806. The number of carbonyl (C=O) groups is 1. The predicted octanol–water partition coefficient (Wildman–Crippen LogP) is 2.08. The van der Waals surface area contributed by atoms with Crippen LogP contribution in [0.1, 0.15) is 6.92 Å². The van der Waals surface area contributed by atoms with Crippen LogP contribution in [0.3, 0.4) is 0 Å². The van der Waals surface area contributed by atoms with Gasteiger partial charge in [-0.3, -0.25) is 0 Å². The molecule has 1 heterocycles. The second kappa shape index (κ2) is 4.61. The van der Waals surface area contributed by atoms with Gasteiger partial charge in [-0.25, -0.2) is 4.79 Å². The number of halogens is 1. The number of para-hydroxylation sites is 1. The van der Waals surface area contributed by atoms with Crippen LogP contribution in [0.5, 0.6) is 5.75 Å². The summed E-state index contributed by atoms with van der Waals surface area (Å²) >= 11 is 5.97. The lowest BCUT2D eigenvalue weighted by atomic mass is 10.2. The summed E-state index contributed by atoms with van der Waals surface area (Å²) in [5.74, 6) is 0.133. The Morgan fingerprint density at radius 2 is 2.50 bits per heavy atom. The van der Waals surface area contributed by atoms with E-state index in [0.717, 1.165) is 5.69 Å². The molecule has 0 aromatic heterocycles. The van der Waals surface area contributed by atoms with E-state index in [1.165, 1.54) is 0 Å². The maximum atomic E-state index is 11.5. The number of ether oxygens (including phenoxy) is 2. The van der Waals surface area contributed by atoms with E-state index in [-0.39, 0.29) is 5.97 Å². The van der Waals surface area contributed by atoms with Crippen molar-refractivity contribution in [1.29, 1.82) is 0 Å². The van der Waals surface area contributed by atoms with E-state index >= 15 is 0 Å². The maximum absolute atomic E-state index is 11.5. The third kappa shape index (κ3) is 2.07. The average Bonchev–Trinajstić information content (AvgIpc) is 2.29. The summed E-state index contributed by atoms with van der Waals surface area (Å²) in [7, 11) is 0. The van der Waals surface area contributed by atoms with Crippen molar-refractivity contribution < 1.29 is 14.3 Å². The fourth-order valence-electron chi connectivity index (χ4n) is 1.52. The SMILES string of the molecule is CCOC(=O)C1CNc2cccc(Cl)c2O1. The van der Waals surface area contributed by atoms with Crippen LogP contribution in [0, 0.1) is 0 Å². The Kier molecular flexibility index (Phi) is 3.19. The fourth-order valence-corrected chi connectivity index (χ4v) is 1.74. The molecule has 0 amide bonds. The molecule has 1 aliphatic rings. The first-order valence-electron chi connectivity index (χ1n) is 5.08. The van der Waals surface area contributed by atoms with Gasteiger partial charge in [0.1, 0.15) is 0 Å². The van der Waals surface area contributed by atoms with Gasteiger partial charge in [0.05, 0.1) is 23.9 Å². The van der Waals surface area contributed by atoms with Gasteiger partial charge in [0.15, 0.2) is 5.75 Å². The number of hydrogen-bond donors (Lipinski definition) is 1. The molecule has 0 spiro atoms. The molecule has 1 aromatic carbocycles. The van der Waals surface area contributed by atoms with Crippen molar-refractivity contribution in [3.8, 4) is 5.75 Å². The zero-order chi connectivity index (χ0) is 11.5. The van der Waals surface area contributed by atoms with Gasteiger partial charge < -0.3 is 14.8 Å². The second-order valence-corrected chi connectivity index (χ2v) is 3.76. The highest BCUT2D eigenvalue weighted by atomic mass is 35.5. The summed E-state index contributed by atoms with van der Waals surface area (Å²) in [5.41, 5.74) is 0.799. The van der Waals surface area contributed by atoms with Gasteiger partial charge in [-0.05, 0) is 19.1 Å². The van der Waals surface area contributed by atoms with Crippen molar-refractivity contribution in [3.05, 3.63) is 23.2 Å². The summed E-state index contributed by atoms with van der Waals surface area (Å²) in [4.78, 5) is 11.5. The number of nitrogens with one attached hydrogen (secondary N) is 1. The average molecular weight is 242 g/mol. The third-order valence-electron chi connectivity index (χ3n) is 2.25. The Morgan fingerprint density at radius 1 is 1.69 bits per heavy atom. The van der Waals surface area contributed by atoms with E-state index < -0.39 is 6.10 Å². The highest BCUT2D eigenvalue weighted by molar-refractivity contribution is 6.32. The summed E-state index contributed by atoms with van der Waals surface area (Å²) < 4.78 is 10.4. The largest absolute Gasteiger partial charge is 0.473 e. The number of rotatable bonds is 2. The second-order valence-electron chi connectivity index (χ2n) is 3.36. The predicted molar refractivity (Wildman–Crippen MR) is 61.0 cm³/mol. The molecule has 2 rings (SSSR count). The first kappa shape index (κ1) is 11.1. The summed E-state index contributed by atoms with van der Waals surface area (Å²) in [6, 6.07) is 5.39. The molecular formula is C11H12ClNO3. The third-order valence-corrected chi connectivity index (χ3v) is 2.55. The molecule has 0 saturated carbocycles. The molecular weight excluding hydrogens is 230 g/mol. The number of esters is 1. The Hall–Kier alpha value is -1.42. The van der Waals surface area contributed by atoms with Crippen molar-refractivity contribution in [2.24, 2.45) is 0 Å². The van der Waals surface area contributed by atoms with E-state index in [4.69, 9.17) is 21.1 Å². The van der Waals surface area contributed by atoms with Crippen LogP contribution in [0.25, 0.3) is 0 Å². The molecule has 0 radical (unpaired) electrons. The van der Waals surface area contributed by atoms with Gasteiger partial charge in [0.25, 0.3) is 0 Å². The minimum absolute atomic E-state index is 0.341. The van der Waals surface area contributed by atoms with Crippen LogP contribution in [-0.4, -0.2) is 25.2 Å². The first-order chi connectivity index (χ1) is 7.72. The molecule has 0 saturated heterocycles. The zero-order valence-electron chi connectivity index (χ0n) is 8.83. The zero-order valence-corrected chi connectivity index (χ0v) is 9.58. The van der Waals surface area contributed by atoms with E-state index in [1.807, 2.05) is 12.1 Å². The lowest BCUT2D eigenvalue weighted by Crippen LogP contribution is -2.39. The van der Waals surface area contributed by atoms with Crippen LogP contribution in [0.15, 0.2) is 18.2 Å². The number of carbonyl (C=O) groups excluding carboxylic acids is 1. The molecule has 86 valence electrons. The molecule has 1 aliphatic heterocycles. The van der Waals surface area contributed by atoms with Crippen molar-refractivity contribution in [2.45, 2.75) is 13.0 Å². The van der Waals surface area contributed by atoms with Gasteiger partial charge in [0.2, 0.25) is 6.10 Å². The molecule has 16 heavy (non-hydrogen) atoms. The van der Waals surface area contributed by atoms with Crippen molar-refractivity contribution in [1.82, 2.24) is 0 Å². The van der Waals surface area contributed by atoms with E-state index in [0.29, 0.717) is 23.9 Å². The van der Waals surface area contributed by atoms with Crippen molar-refractivity contribution in [2.75, 3.05) is 18.5 Å². The van der Waals surface area contributed by atoms with Gasteiger partial charge in [-0.1, -0.05) is 17.7 Å². The number of hydrogen-bond acceptors (Lipinski definition) is 4. The molecule has 0 fully saturated rings. The van der Waals surface area contributed by atoms with Crippen molar-refractivity contribution in [3.63, 3.8) is 0 Å². The van der Waals surface area contributed by atoms with Gasteiger partial charge in [-0.15, -0.1) is 0 Å². The van der Waals surface area contributed by atoms with Gasteiger partial charge in [0, 0.05) is 0 Å². The number of fused-ring (bicyclic) bond motifs is 1. The van der Waals surface area contributed by atoms with Crippen LogP contribution in [0.4, 0.5) is 5.69 Å². The highest BCUT2D eigenvalue weighted by Crippen LogP contribution is 2.36. The standard InChI is InChI=1S/C11H12ClNO3/c1-2-15-11(14)9-6-13-8-5-3-4-7(12)10(8)16-9/h3-5,9,13H,2,6H2,1H3. The molecule has 5 heteroatoms. The minimum Gasteiger partial charge on any atom is -0.473 e. The van der Waals surface area contributed by atoms with Crippen LogP contribution >= 0.6 is 11.6 Å². The molecule has 0 bridgehead atoms. The normalized spacial score (nSPS) is 18.0. The lowest BCUT2D eigenvalue weighted by Gasteiger charge is -2.26. The monoisotopic (exact) mass is 241 g/mol.